The van der Waals surface area contributed by atoms with Gasteiger partial charge in [-0.05, 0) is 42.3 Å². The van der Waals surface area contributed by atoms with Gasteiger partial charge in [-0.2, -0.15) is 0 Å². The van der Waals surface area contributed by atoms with E-state index in [2.05, 4.69) is 20.7 Å². The number of carboxylic acid groups (broad SMARTS) is 1. The molecule has 4 heterocycles. The largest absolute Gasteiger partial charge is 0.477 e. The van der Waals surface area contributed by atoms with Gasteiger partial charge in [-0.3, -0.25) is 14.5 Å². The quantitative estimate of drug-likeness (QED) is 0.282. The number of tetrazole rings is 1. The minimum absolute atomic E-state index is 0.0104. The zero-order valence-corrected chi connectivity index (χ0v) is 20.8. The highest BCUT2D eigenvalue weighted by Gasteiger charge is 2.54. The summed E-state index contributed by atoms with van der Waals surface area (Å²) in [6.45, 7) is 1.38. The van der Waals surface area contributed by atoms with Crippen LogP contribution in [-0.2, 0) is 33.9 Å². The van der Waals surface area contributed by atoms with Crippen LogP contribution in [0.5, 0.6) is 0 Å². The zero-order chi connectivity index (χ0) is 24.6. The topological polar surface area (TPSA) is 164 Å². The smallest absolute Gasteiger partial charge is 0.352 e. The van der Waals surface area contributed by atoms with Crippen LogP contribution in [0.1, 0.15) is 5.69 Å². The van der Waals surface area contributed by atoms with Gasteiger partial charge < -0.3 is 21.1 Å². The van der Waals surface area contributed by atoms with Crippen molar-refractivity contribution in [1.29, 1.82) is 0 Å². The third-order valence-electron chi connectivity index (χ3n) is 5.27. The van der Waals surface area contributed by atoms with Crippen molar-refractivity contribution in [3.63, 3.8) is 0 Å². The van der Waals surface area contributed by atoms with Crippen molar-refractivity contribution in [3.8, 4) is 0 Å². The molecule has 2 atom stereocenters. The molecule has 0 aliphatic carbocycles. The van der Waals surface area contributed by atoms with E-state index in [1.165, 1.54) is 32.7 Å². The van der Waals surface area contributed by atoms with Gasteiger partial charge in [0.2, 0.25) is 10.7 Å². The minimum atomic E-state index is -1.22. The summed E-state index contributed by atoms with van der Waals surface area (Å²) in [4.78, 5) is 44.5. The molecule has 34 heavy (non-hydrogen) atoms. The van der Waals surface area contributed by atoms with E-state index in [-0.39, 0.29) is 24.6 Å². The highest BCUT2D eigenvalue weighted by molar-refractivity contribution is 8.00. The third-order valence-corrected chi connectivity index (χ3v) is 7.76. The van der Waals surface area contributed by atoms with Crippen LogP contribution in [0.2, 0.25) is 0 Å². The molecule has 0 aromatic carbocycles. The lowest BCUT2D eigenvalue weighted by molar-refractivity contribution is -0.150. The summed E-state index contributed by atoms with van der Waals surface area (Å²) in [5, 5.41) is 22.2. The molecule has 0 radical (unpaired) electrons. The van der Waals surface area contributed by atoms with Crippen molar-refractivity contribution < 1.29 is 19.5 Å². The van der Waals surface area contributed by atoms with E-state index >= 15 is 0 Å². The van der Waals surface area contributed by atoms with Crippen molar-refractivity contribution in [3.05, 3.63) is 27.1 Å². The summed E-state index contributed by atoms with van der Waals surface area (Å²) in [5.74, 6) is -1.73. The molecular weight excluding hydrogens is 502 g/mol. The van der Waals surface area contributed by atoms with Crippen LogP contribution in [0.15, 0.2) is 16.7 Å². The number of anilines is 1. The molecule has 0 bridgehead atoms. The number of carbonyl (C=O) groups is 3. The molecule has 13 nitrogen and oxygen atoms in total. The first kappa shape index (κ1) is 24.3. The number of amides is 2. The van der Waals surface area contributed by atoms with Gasteiger partial charge >= 0.3 is 5.97 Å². The van der Waals surface area contributed by atoms with Gasteiger partial charge in [0.15, 0.2) is 5.13 Å². The molecule has 16 heteroatoms. The Kier molecular flexibility index (Phi) is 7.01. The van der Waals surface area contributed by atoms with E-state index in [0.717, 1.165) is 6.54 Å². The second kappa shape index (κ2) is 9.81. The Morgan fingerprint density at radius 1 is 1.35 bits per heavy atom. The van der Waals surface area contributed by atoms with Gasteiger partial charge in [0.25, 0.3) is 5.91 Å². The molecular formula is C18H23N9O4S3. The number of carboxylic acids is 1. The minimum Gasteiger partial charge on any atom is -0.477 e. The number of nitrogens with two attached hydrogens (primary N) is 1. The number of nitrogens with one attached hydrogen (secondary N) is 1. The molecule has 2 amide bonds. The second-order valence-electron chi connectivity index (χ2n) is 8.01. The van der Waals surface area contributed by atoms with Crippen LogP contribution < -0.4 is 11.1 Å². The predicted molar refractivity (Wildman–Crippen MR) is 127 cm³/mol. The summed E-state index contributed by atoms with van der Waals surface area (Å²) in [6.07, 6.45) is -0.0104. The summed E-state index contributed by atoms with van der Waals surface area (Å²) >= 11 is 8.03. The average molecular weight is 526 g/mol. The lowest BCUT2D eigenvalue weighted by Gasteiger charge is -2.49. The van der Waals surface area contributed by atoms with Gasteiger partial charge in [-0.1, -0.05) is 0 Å². The number of hydrogen-bond donors (Lipinski definition) is 3. The number of likely N-dealkylation sites (N-methyl/N-ethyl adjacent to an activating group) is 1. The number of aliphatic carboxylic acids is 1. The predicted octanol–water partition coefficient (Wildman–Crippen LogP) is -0.609. The molecule has 0 saturated carbocycles. The molecule has 1 unspecified atom stereocenters. The van der Waals surface area contributed by atoms with Gasteiger partial charge in [-0.25, -0.2) is 19.1 Å². The fraction of sp³-hybridized carbons (Fsp3) is 0.500. The van der Waals surface area contributed by atoms with Crippen LogP contribution in [0.25, 0.3) is 0 Å². The fourth-order valence-electron chi connectivity index (χ4n) is 3.62. The molecule has 182 valence electrons. The van der Waals surface area contributed by atoms with Gasteiger partial charge in [-0.15, -0.1) is 23.1 Å². The van der Waals surface area contributed by atoms with Crippen molar-refractivity contribution in [2.24, 2.45) is 0 Å². The number of carbonyl (C=O) groups excluding carboxylic acids is 2. The average Bonchev–Trinajstić information content (AvgIpc) is 3.34. The summed E-state index contributed by atoms with van der Waals surface area (Å²) in [7, 11) is 3.87. The lowest BCUT2D eigenvalue weighted by atomic mass is 10.0. The van der Waals surface area contributed by atoms with E-state index < -0.39 is 23.3 Å². The first-order chi connectivity index (χ1) is 16.2. The Balaban J connectivity index is 1.47. The fourth-order valence-corrected chi connectivity index (χ4v) is 5.75. The SMILES string of the molecule is CN(C)CCn1nnn(CC2=C(C(=O)O)N3C(=O)[C@@H](NC(=O)Cc4csc(N)n4)C3SC2)c1=S. The number of hydrogen-bond acceptors (Lipinski definition) is 11. The maximum Gasteiger partial charge on any atom is 0.352 e. The number of aromatic nitrogens is 5. The van der Waals surface area contributed by atoms with E-state index in [9.17, 15) is 19.5 Å². The van der Waals surface area contributed by atoms with Crippen molar-refractivity contribution in [1.82, 2.24) is 39.9 Å². The summed E-state index contributed by atoms with van der Waals surface area (Å²) < 4.78 is 3.40. The number of rotatable bonds is 9. The van der Waals surface area contributed by atoms with Gasteiger partial charge in [0.1, 0.15) is 17.1 Å². The van der Waals surface area contributed by atoms with Crippen LogP contribution in [0, 0.1) is 4.77 Å². The number of nitrogens with zero attached hydrogens (tertiary/aromatic N) is 7. The molecule has 0 spiro atoms. The second-order valence-corrected chi connectivity index (χ2v) is 10.4. The standard InChI is InChI=1S/C18H23N9O4S3/c1-24(2)3-4-25-18(32)26(23-22-25)6-9-7-33-15-12(14(29)27(15)13(9)16(30)31)21-11(28)5-10-8-34-17(19)20-10/h8,12,15H,3-7H2,1-2H3,(H2,19,20)(H,21,28)(H,30,31)/t12-,15?/m1/s1. The Bertz CT molecular complexity index is 1220. The molecule has 2 aliphatic rings. The van der Waals surface area contributed by atoms with Gasteiger partial charge in [0.05, 0.1) is 25.2 Å². The van der Waals surface area contributed by atoms with E-state index in [4.69, 9.17) is 18.0 Å². The number of nitrogen functional groups attached to an aromatic ring is 1. The maximum absolute atomic E-state index is 12.8. The molecule has 2 aromatic heterocycles. The molecule has 2 aliphatic heterocycles. The maximum atomic E-state index is 12.8. The number of thioether (sulfide) groups is 1. The highest BCUT2D eigenvalue weighted by Crippen LogP contribution is 2.40. The summed E-state index contributed by atoms with van der Waals surface area (Å²) in [6, 6.07) is -0.807. The van der Waals surface area contributed by atoms with Crippen molar-refractivity contribution in [2.45, 2.75) is 30.9 Å². The lowest BCUT2D eigenvalue weighted by Crippen LogP contribution is -2.70. The Labute approximate surface area is 207 Å². The van der Waals surface area contributed by atoms with E-state index in [1.807, 2.05) is 19.0 Å². The van der Waals surface area contributed by atoms with Crippen molar-refractivity contribution in [2.75, 3.05) is 32.1 Å². The first-order valence-electron chi connectivity index (χ1n) is 10.2. The Morgan fingerprint density at radius 2 is 2.09 bits per heavy atom. The molecule has 1 saturated heterocycles. The van der Waals surface area contributed by atoms with Gasteiger partial charge in [0, 0.05) is 17.7 Å². The molecule has 4 N–H and O–H groups in total. The third kappa shape index (κ3) is 4.84. The monoisotopic (exact) mass is 525 g/mol. The molecule has 4 rings (SSSR count). The first-order valence-corrected chi connectivity index (χ1v) is 12.5. The molecule has 1 fully saturated rings. The highest BCUT2D eigenvalue weighted by atomic mass is 32.2. The Morgan fingerprint density at radius 3 is 2.74 bits per heavy atom. The Hall–Kier alpha value is -2.82. The number of fused-ring (bicyclic) bond motifs is 1. The normalized spacial score (nSPS) is 19.9. The van der Waals surface area contributed by atoms with Crippen molar-refractivity contribution >= 4 is 58.2 Å². The van der Waals surface area contributed by atoms with Crippen LogP contribution in [0.4, 0.5) is 5.13 Å². The van der Waals surface area contributed by atoms with Crippen LogP contribution in [0.3, 0.4) is 0 Å². The van der Waals surface area contributed by atoms with E-state index in [1.54, 1.807) is 10.1 Å². The number of thiazole rings is 1. The number of β-lactam (4-membered cyclic amide) rings is 1. The zero-order valence-electron chi connectivity index (χ0n) is 18.4. The summed E-state index contributed by atoms with van der Waals surface area (Å²) in [5.41, 5.74) is 6.50. The van der Waals surface area contributed by atoms with Crippen LogP contribution >= 0.6 is 35.3 Å². The molecule has 2 aromatic rings. The van der Waals surface area contributed by atoms with Crippen LogP contribution in [-0.4, -0.2) is 95.3 Å². The van der Waals surface area contributed by atoms with E-state index in [0.29, 0.717) is 33.5 Å².